The maximum Gasteiger partial charge on any atom is 0.237 e. The van der Waals surface area contributed by atoms with Crippen molar-refractivity contribution in [2.45, 2.75) is 19.9 Å². The van der Waals surface area contributed by atoms with Gasteiger partial charge in [0.05, 0.1) is 6.04 Å². The van der Waals surface area contributed by atoms with Gasteiger partial charge in [-0.25, -0.2) is 8.42 Å². The highest BCUT2D eigenvalue weighted by Gasteiger charge is 2.29. The minimum Gasteiger partial charge on any atom is -0.486 e. The van der Waals surface area contributed by atoms with E-state index in [1.165, 1.54) is 9.87 Å². The van der Waals surface area contributed by atoms with E-state index < -0.39 is 21.7 Å². The summed E-state index contributed by atoms with van der Waals surface area (Å²) in [6.45, 7) is 6.76. The Balaban J connectivity index is 1.32. The molecule has 0 aromatic heterocycles. The van der Waals surface area contributed by atoms with Crippen molar-refractivity contribution < 1.29 is 22.7 Å². The van der Waals surface area contributed by atoms with E-state index in [1.54, 1.807) is 6.07 Å². The summed E-state index contributed by atoms with van der Waals surface area (Å²) in [7, 11) is -3.69. The van der Waals surface area contributed by atoms with Crippen LogP contribution in [0.4, 0.5) is 5.69 Å². The van der Waals surface area contributed by atoms with Gasteiger partial charge >= 0.3 is 0 Å². The van der Waals surface area contributed by atoms with Gasteiger partial charge in [-0.3, -0.25) is 4.79 Å². The van der Waals surface area contributed by atoms with Crippen molar-refractivity contribution in [1.82, 2.24) is 9.62 Å². The number of nitrogens with zero attached hydrogens (tertiary/aromatic N) is 2. The molecule has 2 heterocycles. The molecule has 1 N–H and O–H groups in total. The fourth-order valence-electron chi connectivity index (χ4n) is 4.00. The minimum atomic E-state index is -3.69. The molecule has 2 aliphatic rings. The molecule has 1 amide bonds. The van der Waals surface area contributed by atoms with Crippen LogP contribution in [0.1, 0.15) is 24.1 Å². The average molecular weight is 460 g/mol. The summed E-state index contributed by atoms with van der Waals surface area (Å²) >= 11 is 0. The van der Waals surface area contributed by atoms with Crippen LogP contribution in [0.2, 0.25) is 0 Å². The van der Waals surface area contributed by atoms with Gasteiger partial charge in [-0.2, -0.15) is 4.31 Å². The highest BCUT2D eigenvalue weighted by Crippen LogP contribution is 2.32. The lowest BCUT2D eigenvalue weighted by atomic mass is 10.1. The molecule has 2 aromatic carbocycles. The van der Waals surface area contributed by atoms with Gasteiger partial charge < -0.3 is 19.7 Å². The number of amides is 1. The van der Waals surface area contributed by atoms with Crippen molar-refractivity contribution in [2.24, 2.45) is 0 Å². The molecular weight excluding hydrogens is 430 g/mol. The number of piperazine rings is 1. The number of anilines is 1. The lowest BCUT2D eigenvalue weighted by Crippen LogP contribution is -2.50. The summed E-state index contributed by atoms with van der Waals surface area (Å²) in [4.78, 5) is 14.7. The van der Waals surface area contributed by atoms with Crippen molar-refractivity contribution in [2.75, 3.05) is 50.0 Å². The summed E-state index contributed by atoms with van der Waals surface area (Å²) in [5.74, 6) is 0.222. The second-order valence-corrected chi connectivity index (χ2v) is 10.1. The standard InChI is InChI=1S/C23H29N3O5S/c1-17-4-3-5-20(14-17)25-8-10-26(11-9-25)32(28,29)16-23(27)24-18(2)19-6-7-21-22(15-19)31-13-12-30-21/h3-7,14-15,18H,8-13,16H2,1-2H3,(H,24,27). The van der Waals surface area contributed by atoms with Crippen molar-refractivity contribution >= 4 is 21.6 Å². The minimum absolute atomic E-state index is 0.355. The van der Waals surface area contributed by atoms with E-state index in [2.05, 4.69) is 16.3 Å². The molecule has 0 bridgehead atoms. The topological polar surface area (TPSA) is 88.2 Å². The maximum atomic E-state index is 12.8. The van der Waals surface area contributed by atoms with E-state index in [1.807, 2.05) is 44.2 Å². The zero-order chi connectivity index (χ0) is 22.7. The monoisotopic (exact) mass is 459 g/mol. The molecule has 1 unspecified atom stereocenters. The van der Waals surface area contributed by atoms with Gasteiger partial charge in [0.1, 0.15) is 19.0 Å². The Morgan fingerprint density at radius 2 is 1.75 bits per heavy atom. The van der Waals surface area contributed by atoms with Gasteiger partial charge in [-0.05, 0) is 49.2 Å². The van der Waals surface area contributed by atoms with E-state index in [9.17, 15) is 13.2 Å². The van der Waals surface area contributed by atoms with Crippen LogP contribution in [0.3, 0.4) is 0 Å². The van der Waals surface area contributed by atoms with Gasteiger partial charge in [-0.1, -0.05) is 18.2 Å². The molecule has 8 nitrogen and oxygen atoms in total. The number of benzene rings is 2. The quantitative estimate of drug-likeness (QED) is 0.712. The lowest BCUT2D eigenvalue weighted by molar-refractivity contribution is -0.119. The first-order valence-electron chi connectivity index (χ1n) is 10.8. The van der Waals surface area contributed by atoms with Gasteiger partial charge in [-0.15, -0.1) is 0 Å². The number of rotatable bonds is 6. The molecule has 4 rings (SSSR count). The highest BCUT2D eigenvalue weighted by atomic mass is 32.2. The second-order valence-electron chi connectivity index (χ2n) is 8.17. The van der Waals surface area contributed by atoms with Gasteiger partial charge in [0.15, 0.2) is 11.5 Å². The van der Waals surface area contributed by atoms with Crippen LogP contribution in [0.25, 0.3) is 0 Å². The van der Waals surface area contributed by atoms with E-state index >= 15 is 0 Å². The first kappa shape index (κ1) is 22.4. The zero-order valence-electron chi connectivity index (χ0n) is 18.4. The average Bonchev–Trinajstić information content (AvgIpc) is 2.78. The Morgan fingerprint density at radius 3 is 2.47 bits per heavy atom. The number of nitrogens with one attached hydrogen (secondary N) is 1. The summed E-state index contributed by atoms with van der Waals surface area (Å²) in [5, 5.41) is 2.79. The molecule has 2 aromatic rings. The number of hydrogen-bond acceptors (Lipinski definition) is 6. The second kappa shape index (κ2) is 9.38. The predicted molar refractivity (Wildman–Crippen MR) is 123 cm³/mol. The van der Waals surface area contributed by atoms with Crippen LogP contribution in [0.5, 0.6) is 11.5 Å². The van der Waals surface area contributed by atoms with E-state index in [-0.39, 0.29) is 6.04 Å². The van der Waals surface area contributed by atoms with Crippen LogP contribution < -0.4 is 19.7 Å². The SMILES string of the molecule is Cc1cccc(N2CCN(S(=O)(=O)CC(=O)NC(C)c3ccc4c(c3)OCCO4)CC2)c1. The Kier molecular flexibility index (Phi) is 6.57. The zero-order valence-corrected chi connectivity index (χ0v) is 19.2. The summed E-state index contributed by atoms with van der Waals surface area (Å²) in [5.41, 5.74) is 3.08. The molecule has 0 radical (unpaired) electrons. The molecule has 32 heavy (non-hydrogen) atoms. The Bertz CT molecular complexity index is 1080. The van der Waals surface area contributed by atoms with E-state index in [0.29, 0.717) is 50.9 Å². The highest BCUT2D eigenvalue weighted by molar-refractivity contribution is 7.89. The molecular formula is C23H29N3O5S. The van der Waals surface area contributed by atoms with Crippen molar-refractivity contribution in [3.05, 3.63) is 53.6 Å². The number of carbonyl (C=O) groups is 1. The molecule has 1 atom stereocenters. The number of carbonyl (C=O) groups excluding carboxylic acids is 1. The molecule has 0 saturated carbocycles. The van der Waals surface area contributed by atoms with Gasteiger partial charge in [0, 0.05) is 31.9 Å². The largest absolute Gasteiger partial charge is 0.486 e. The van der Waals surface area contributed by atoms with Crippen LogP contribution >= 0.6 is 0 Å². The van der Waals surface area contributed by atoms with Crippen LogP contribution in [-0.4, -0.2) is 63.8 Å². The molecule has 0 spiro atoms. The smallest absolute Gasteiger partial charge is 0.237 e. The maximum absolute atomic E-state index is 12.8. The van der Waals surface area contributed by atoms with Crippen molar-refractivity contribution in [1.29, 1.82) is 0 Å². The molecule has 1 fully saturated rings. The molecule has 1 saturated heterocycles. The third-order valence-electron chi connectivity index (χ3n) is 5.76. The summed E-state index contributed by atoms with van der Waals surface area (Å²) in [6.07, 6.45) is 0. The van der Waals surface area contributed by atoms with Crippen LogP contribution in [0, 0.1) is 6.92 Å². The Morgan fingerprint density at radius 1 is 1.03 bits per heavy atom. The number of sulfonamides is 1. The third-order valence-corrected chi connectivity index (χ3v) is 7.53. The van der Waals surface area contributed by atoms with Crippen molar-refractivity contribution in [3.63, 3.8) is 0 Å². The molecule has 172 valence electrons. The normalized spacial score (nSPS) is 17.6. The first-order valence-corrected chi connectivity index (χ1v) is 12.4. The van der Waals surface area contributed by atoms with Crippen molar-refractivity contribution in [3.8, 4) is 11.5 Å². The lowest BCUT2D eigenvalue weighted by Gasteiger charge is -2.35. The Hall–Kier alpha value is -2.78. The third kappa shape index (κ3) is 5.16. The number of aryl methyl sites for hydroxylation is 1. The van der Waals surface area contributed by atoms with Crippen LogP contribution in [0.15, 0.2) is 42.5 Å². The number of fused-ring (bicyclic) bond motifs is 1. The van der Waals surface area contributed by atoms with E-state index in [0.717, 1.165) is 11.3 Å². The van der Waals surface area contributed by atoms with Gasteiger partial charge in [0.25, 0.3) is 0 Å². The fourth-order valence-corrected chi connectivity index (χ4v) is 5.32. The predicted octanol–water partition coefficient (Wildman–Crippen LogP) is 2.10. The Labute approximate surface area is 189 Å². The molecule has 2 aliphatic heterocycles. The van der Waals surface area contributed by atoms with E-state index in [4.69, 9.17) is 9.47 Å². The van der Waals surface area contributed by atoms with Gasteiger partial charge in [0.2, 0.25) is 15.9 Å². The summed E-state index contributed by atoms with van der Waals surface area (Å²) < 4.78 is 38.1. The van der Waals surface area contributed by atoms with Crippen LogP contribution in [-0.2, 0) is 14.8 Å². The fraction of sp³-hybridized carbons (Fsp3) is 0.435. The number of ether oxygens (including phenoxy) is 2. The summed E-state index contributed by atoms with van der Waals surface area (Å²) in [6, 6.07) is 13.3. The molecule has 0 aliphatic carbocycles. The molecule has 9 heteroatoms. The first-order chi connectivity index (χ1) is 15.3. The number of hydrogen-bond donors (Lipinski definition) is 1.